The SMILES string of the molecule is CC(CCN(C)C)Nc1cc(C(F)(F)F)nc(Cl)n1. The summed E-state index contributed by atoms with van der Waals surface area (Å²) in [6.07, 6.45) is -3.76. The molecule has 0 amide bonds. The molecule has 1 heterocycles. The van der Waals surface area contributed by atoms with Gasteiger partial charge < -0.3 is 10.2 Å². The Labute approximate surface area is 115 Å². The summed E-state index contributed by atoms with van der Waals surface area (Å²) in [6.45, 7) is 2.69. The lowest BCUT2D eigenvalue weighted by Gasteiger charge is -2.17. The van der Waals surface area contributed by atoms with Gasteiger partial charge in [-0.3, -0.25) is 0 Å². The molecule has 19 heavy (non-hydrogen) atoms. The van der Waals surface area contributed by atoms with E-state index in [0.717, 1.165) is 19.0 Å². The molecule has 0 aliphatic carbocycles. The van der Waals surface area contributed by atoms with Crippen LogP contribution in [0, 0.1) is 0 Å². The monoisotopic (exact) mass is 296 g/mol. The molecule has 0 bridgehead atoms. The van der Waals surface area contributed by atoms with Crippen LogP contribution >= 0.6 is 11.6 Å². The van der Waals surface area contributed by atoms with Gasteiger partial charge in [-0.1, -0.05) is 0 Å². The third-order valence-electron chi connectivity index (χ3n) is 2.39. The summed E-state index contributed by atoms with van der Waals surface area (Å²) in [5, 5.41) is 2.47. The van der Waals surface area contributed by atoms with Gasteiger partial charge in [0.2, 0.25) is 5.28 Å². The van der Waals surface area contributed by atoms with Crippen molar-refractivity contribution in [1.29, 1.82) is 0 Å². The fraction of sp³-hybridized carbons (Fsp3) is 0.636. The first-order chi connectivity index (χ1) is 8.68. The van der Waals surface area contributed by atoms with E-state index in [1.165, 1.54) is 0 Å². The first-order valence-electron chi connectivity index (χ1n) is 5.71. The van der Waals surface area contributed by atoms with Crippen molar-refractivity contribution in [2.75, 3.05) is 26.0 Å². The number of alkyl halides is 3. The lowest BCUT2D eigenvalue weighted by Crippen LogP contribution is -2.23. The molecule has 1 unspecified atom stereocenters. The molecule has 0 saturated heterocycles. The van der Waals surface area contributed by atoms with Gasteiger partial charge in [-0.05, 0) is 45.6 Å². The van der Waals surface area contributed by atoms with Crippen LogP contribution in [0.4, 0.5) is 19.0 Å². The van der Waals surface area contributed by atoms with Gasteiger partial charge in [-0.2, -0.15) is 13.2 Å². The van der Waals surface area contributed by atoms with Gasteiger partial charge in [0.05, 0.1) is 0 Å². The van der Waals surface area contributed by atoms with Crippen molar-refractivity contribution in [3.8, 4) is 0 Å². The van der Waals surface area contributed by atoms with Crippen LogP contribution in [0.2, 0.25) is 5.28 Å². The minimum atomic E-state index is -4.53. The van der Waals surface area contributed by atoms with Crippen LogP contribution in [0.3, 0.4) is 0 Å². The third kappa shape index (κ3) is 5.61. The highest BCUT2D eigenvalue weighted by Crippen LogP contribution is 2.29. The molecule has 0 radical (unpaired) electrons. The second-order valence-electron chi connectivity index (χ2n) is 4.54. The summed E-state index contributed by atoms with van der Waals surface area (Å²) in [4.78, 5) is 8.90. The molecule has 1 aromatic heterocycles. The van der Waals surface area contributed by atoms with Crippen LogP contribution < -0.4 is 5.32 Å². The highest BCUT2D eigenvalue weighted by Gasteiger charge is 2.33. The van der Waals surface area contributed by atoms with E-state index in [2.05, 4.69) is 15.3 Å². The first-order valence-corrected chi connectivity index (χ1v) is 6.09. The average Bonchev–Trinajstić information content (AvgIpc) is 2.24. The minimum Gasteiger partial charge on any atom is -0.367 e. The second kappa shape index (κ2) is 6.38. The van der Waals surface area contributed by atoms with Crippen molar-refractivity contribution in [2.24, 2.45) is 0 Å². The van der Waals surface area contributed by atoms with Gasteiger partial charge in [-0.15, -0.1) is 0 Å². The zero-order valence-corrected chi connectivity index (χ0v) is 11.7. The molecule has 108 valence electrons. The lowest BCUT2D eigenvalue weighted by atomic mass is 10.2. The van der Waals surface area contributed by atoms with Crippen molar-refractivity contribution < 1.29 is 13.2 Å². The van der Waals surface area contributed by atoms with Crippen LogP contribution in [0.1, 0.15) is 19.0 Å². The zero-order valence-electron chi connectivity index (χ0n) is 10.9. The lowest BCUT2D eigenvalue weighted by molar-refractivity contribution is -0.141. The zero-order chi connectivity index (χ0) is 14.6. The Bertz CT molecular complexity index is 423. The molecule has 4 nitrogen and oxygen atoms in total. The molecule has 0 aromatic carbocycles. The maximum Gasteiger partial charge on any atom is 0.433 e. The van der Waals surface area contributed by atoms with E-state index < -0.39 is 17.2 Å². The minimum absolute atomic E-state index is 0.0190. The van der Waals surface area contributed by atoms with E-state index in [1.54, 1.807) is 0 Å². The maximum atomic E-state index is 12.6. The highest BCUT2D eigenvalue weighted by atomic mass is 35.5. The van der Waals surface area contributed by atoms with E-state index in [9.17, 15) is 13.2 Å². The van der Waals surface area contributed by atoms with Gasteiger partial charge in [0.25, 0.3) is 0 Å². The van der Waals surface area contributed by atoms with Crippen molar-refractivity contribution in [2.45, 2.75) is 25.6 Å². The molecule has 0 aliphatic rings. The number of anilines is 1. The van der Waals surface area contributed by atoms with Crippen molar-refractivity contribution in [1.82, 2.24) is 14.9 Å². The van der Waals surface area contributed by atoms with Gasteiger partial charge in [0, 0.05) is 12.1 Å². The fourth-order valence-electron chi connectivity index (χ4n) is 1.41. The topological polar surface area (TPSA) is 41.0 Å². The quantitative estimate of drug-likeness (QED) is 0.848. The summed E-state index contributed by atoms with van der Waals surface area (Å²) in [5.41, 5.74) is -1.05. The van der Waals surface area contributed by atoms with E-state index in [0.29, 0.717) is 0 Å². The Kier molecular flexibility index (Phi) is 5.37. The van der Waals surface area contributed by atoms with Crippen molar-refractivity contribution in [3.05, 3.63) is 17.0 Å². The van der Waals surface area contributed by atoms with Crippen molar-refractivity contribution >= 4 is 17.4 Å². The second-order valence-corrected chi connectivity index (χ2v) is 4.88. The predicted molar refractivity (Wildman–Crippen MR) is 68.3 cm³/mol. The smallest absolute Gasteiger partial charge is 0.367 e. The summed E-state index contributed by atoms with van der Waals surface area (Å²) in [7, 11) is 3.85. The van der Waals surface area contributed by atoms with Crippen LogP contribution in [-0.4, -0.2) is 41.5 Å². The third-order valence-corrected chi connectivity index (χ3v) is 2.56. The van der Waals surface area contributed by atoms with Crippen LogP contribution in [-0.2, 0) is 6.18 Å². The molecule has 1 atom stereocenters. The Morgan fingerprint density at radius 1 is 1.37 bits per heavy atom. The Hall–Kier alpha value is -1.08. The largest absolute Gasteiger partial charge is 0.433 e. The number of aromatic nitrogens is 2. The van der Waals surface area contributed by atoms with Crippen LogP contribution in [0.15, 0.2) is 6.07 Å². The van der Waals surface area contributed by atoms with Gasteiger partial charge in [-0.25, -0.2) is 9.97 Å². The number of hydrogen-bond acceptors (Lipinski definition) is 4. The van der Waals surface area contributed by atoms with Crippen LogP contribution in [0.5, 0.6) is 0 Å². The molecule has 0 aliphatic heterocycles. The van der Waals surface area contributed by atoms with E-state index in [1.807, 2.05) is 25.9 Å². The fourth-order valence-corrected chi connectivity index (χ4v) is 1.60. The number of hydrogen-bond donors (Lipinski definition) is 1. The molecule has 1 rings (SSSR count). The molecule has 1 N–H and O–H groups in total. The standard InChI is InChI=1S/C11H16ClF3N4/c1-7(4-5-19(2)3)16-9-6-8(11(13,14)15)17-10(12)18-9/h6-7H,4-5H2,1-3H3,(H,16,17,18). The Morgan fingerprint density at radius 3 is 2.53 bits per heavy atom. The number of rotatable bonds is 5. The molecular weight excluding hydrogens is 281 g/mol. The molecule has 1 aromatic rings. The van der Waals surface area contributed by atoms with Gasteiger partial charge >= 0.3 is 6.18 Å². The molecule has 0 fully saturated rings. The summed E-state index contributed by atoms with van der Waals surface area (Å²) in [6, 6.07) is 0.840. The van der Waals surface area contributed by atoms with Crippen molar-refractivity contribution in [3.63, 3.8) is 0 Å². The predicted octanol–water partition coefficient (Wildman–Crippen LogP) is 2.90. The highest BCUT2D eigenvalue weighted by molar-refractivity contribution is 6.28. The van der Waals surface area contributed by atoms with E-state index in [4.69, 9.17) is 11.6 Å². The average molecular weight is 297 g/mol. The Balaban J connectivity index is 2.76. The van der Waals surface area contributed by atoms with Crippen LogP contribution in [0.25, 0.3) is 0 Å². The number of nitrogens with zero attached hydrogens (tertiary/aromatic N) is 3. The van der Waals surface area contributed by atoms with E-state index in [-0.39, 0.29) is 11.9 Å². The number of halogens is 4. The number of nitrogens with one attached hydrogen (secondary N) is 1. The first kappa shape index (κ1) is 16.0. The molecular formula is C11H16ClF3N4. The van der Waals surface area contributed by atoms with Gasteiger partial charge in [0.1, 0.15) is 5.82 Å². The Morgan fingerprint density at radius 2 is 2.00 bits per heavy atom. The van der Waals surface area contributed by atoms with E-state index >= 15 is 0 Å². The summed E-state index contributed by atoms with van der Waals surface area (Å²) < 4.78 is 37.7. The summed E-state index contributed by atoms with van der Waals surface area (Å²) in [5.74, 6) is 0.0820. The summed E-state index contributed by atoms with van der Waals surface area (Å²) >= 11 is 5.50. The van der Waals surface area contributed by atoms with Gasteiger partial charge in [0.15, 0.2) is 5.69 Å². The molecule has 0 saturated carbocycles. The molecule has 8 heteroatoms. The maximum absolute atomic E-state index is 12.6. The normalized spacial score (nSPS) is 13.7. The molecule has 0 spiro atoms.